The van der Waals surface area contributed by atoms with Gasteiger partial charge in [0.15, 0.2) is 5.13 Å². The average molecular weight is 369 g/mol. The molecule has 0 saturated carbocycles. The maximum atomic E-state index is 13.7. The van der Waals surface area contributed by atoms with Gasteiger partial charge in [-0.15, -0.1) is 11.3 Å². The highest BCUT2D eigenvalue weighted by Gasteiger charge is 2.09. The van der Waals surface area contributed by atoms with E-state index in [1.807, 2.05) is 26.0 Å². The van der Waals surface area contributed by atoms with Gasteiger partial charge in [-0.25, -0.2) is 9.37 Å². The van der Waals surface area contributed by atoms with Crippen LogP contribution in [0.2, 0.25) is 0 Å². The van der Waals surface area contributed by atoms with Gasteiger partial charge in [-0.2, -0.15) is 0 Å². The van der Waals surface area contributed by atoms with Gasteiger partial charge in [0.2, 0.25) is 5.91 Å². The molecular formula is C20H20FN3OS. The van der Waals surface area contributed by atoms with Gasteiger partial charge in [0.25, 0.3) is 0 Å². The molecule has 1 heterocycles. The Morgan fingerprint density at radius 1 is 1.19 bits per heavy atom. The van der Waals surface area contributed by atoms with Crippen LogP contribution in [0.3, 0.4) is 0 Å². The van der Waals surface area contributed by atoms with Gasteiger partial charge < -0.3 is 10.6 Å². The Morgan fingerprint density at radius 2 is 2.00 bits per heavy atom. The number of amides is 1. The maximum absolute atomic E-state index is 13.7. The van der Waals surface area contributed by atoms with Crippen molar-refractivity contribution in [3.05, 3.63) is 76.0 Å². The zero-order chi connectivity index (χ0) is 18.5. The Balaban J connectivity index is 1.55. The van der Waals surface area contributed by atoms with Crippen molar-refractivity contribution < 1.29 is 9.18 Å². The lowest BCUT2D eigenvalue weighted by molar-refractivity contribution is -0.114. The number of nitrogens with zero attached hydrogens (tertiary/aromatic N) is 1. The molecule has 0 unspecified atom stereocenters. The van der Waals surface area contributed by atoms with Crippen LogP contribution in [0.15, 0.2) is 48.7 Å². The summed E-state index contributed by atoms with van der Waals surface area (Å²) in [5, 5.41) is 6.42. The lowest BCUT2D eigenvalue weighted by Crippen LogP contribution is -2.21. The molecule has 3 aromatic rings. The second-order valence-electron chi connectivity index (χ2n) is 6.12. The third-order valence-electron chi connectivity index (χ3n) is 3.94. The number of thiazole rings is 1. The number of aromatic nitrogens is 1. The first-order chi connectivity index (χ1) is 12.5. The van der Waals surface area contributed by atoms with Crippen LogP contribution in [0.4, 0.5) is 15.2 Å². The van der Waals surface area contributed by atoms with Gasteiger partial charge in [0.1, 0.15) is 5.82 Å². The van der Waals surface area contributed by atoms with Crippen LogP contribution in [0.25, 0.3) is 0 Å². The topological polar surface area (TPSA) is 54.0 Å². The van der Waals surface area contributed by atoms with Crippen LogP contribution in [0.5, 0.6) is 0 Å². The summed E-state index contributed by atoms with van der Waals surface area (Å²) in [5.74, 6) is -0.402. The normalized spacial score (nSPS) is 10.6. The van der Waals surface area contributed by atoms with Crippen molar-refractivity contribution in [3.63, 3.8) is 0 Å². The zero-order valence-corrected chi connectivity index (χ0v) is 15.5. The van der Waals surface area contributed by atoms with Gasteiger partial charge in [0.05, 0.1) is 6.54 Å². The molecule has 26 heavy (non-hydrogen) atoms. The van der Waals surface area contributed by atoms with Gasteiger partial charge in [-0.1, -0.05) is 35.9 Å². The smallest absolute Gasteiger partial charge is 0.245 e. The van der Waals surface area contributed by atoms with E-state index >= 15 is 0 Å². The van der Waals surface area contributed by atoms with Crippen LogP contribution >= 0.6 is 11.3 Å². The summed E-state index contributed by atoms with van der Waals surface area (Å²) in [6.45, 7) is 4.19. The number of carbonyl (C=O) groups excluding carboxylic acids is 1. The van der Waals surface area contributed by atoms with E-state index in [4.69, 9.17) is 0 Å². The number of anilines is 2. The predicted octanol–water partition coefficient (Wildman–Crippen LogP) is 4.54. The first-order valence-corrected chi connectivity index (χ1v) is 9.12. The van der Waals surface area contributed by atoms with E-state index in [1.54, 1.807) is 24.4 Å². The fourth-order valence-electron chi connectivity index (χ4n) is 2.63. The van der Waals surface area contributed by atoms with E-state index in [2.05, 4.69) is 21.7 Å². The summed E-state index contributed by atoms with van der Waals surface area (Å²) in [6.07, 6.45) is 2.13. The molecule has 0 atom stereocenters. The predicted molar refractivity (Wildman–Crippen MR) is 104 cm³/mol. The van der Waals surface area contributed by atoms with Crippen molar-refractivity contribution in [3.8, 4) is 0 Å². The molecule has 0 spiro atoms. The Morgan fingerprint density at radius 3 is 2.77 bits per heavy atom. The number of carbonyl (C=O) groups is 1. The summed E-state index contributed by atoms with van der Waals surface area (Å²) in [5.41, 5.74) is 3.83. The lowest BCUT2D eigenvalue weighted by atomic mass is 10.1. The molecule has 2 N–H and O–H groups in total. The SMILES string of the molecule is Cc1ccc(NCC(=O)Nc2ncc(Cc3ccccc3F)s2)c(C)c1. The van der Waals surface area contributed by atoms with E-state index < -0.39 is 0 Å². The second kappa shape index (κ2) is 8.10. The van der Waals surface area contributed by atoms with Crippen molar-refractivity contribution in [1.29, 1.82) is 0 Å². The molecule has 0 radical (unpaired) electrons. The summed E-state index contributed by atoms with van der Waals surface area (Å²) in [6, 6.07) is 12.7. The van der Waals surface area contributed by atoms with Crippen molar-refractivity contribution in [1.82, 2.24) is 4.98 Å². The quantitative estimate of drug-likeness (QED) is 0.671. The molecule has 6 heteroatoms. The molecule has 134 valence electrons. The molecule has 0 fully saturated rings. The largest absolute Gasteiger partial charge is 0.376 e. The monoisotopic (exact) mass is 369 g/mol. The van der Waals surface area contributed by atoms with Crippen molar-refractivity contribution >= 4 is 28.1 Å². The van der Waals surface area contributed by atoms with Crippen molar-refractivity contribution in [2.45, 2.75) is 20.3 Å². The van der Waals surface area contributed by atoms with Crippen LogP contribution < -0.4 is 10.6 Å². The van der Waals surface area contributed by atoms with E-state index in [9.17, 15) is 9.18 Å². The lowest BCUT2D eigenvalue weighted by Gasteiger charge is -2.09. The molecule has 0 aliphatic rings. The molecule has 0 aliphatic carbocycles. The molecular weight excluding hydrogens is 349 g/mol. The Bertz CT molecular complexity index is 923. The third kappa shape index (κ3) is 4.67. The molecule has 2 aromatic carbocycles. The third-order valence-corrected chi connectivity index (χ3v) is 4.86. The molecule has 4 nitrogen and oxygen atoms in total. The summed E-state index contributed by atoms with van der Waals surface area (Å²) in [4.78, 5) is 17.2. The maximum Gasteiger partial charge on any atom is 0.245 e. The van der Waals surface area contributed by atoms with Gasteiger partial charge in [0, 0.05) is 23.2 Å². The first-order valence-electron chi connectivity index (χ1n) is 8.30. The van der Waals surface area contributed by atoms with Gasteiger partial charge >= 0.3 is 0 Å². The van der Waals surface area contributed by atoms with Crippen LogP contribution in [-0.2, 0) is 11.2 Å². The average Bonchev–Trinajstić information content (AvgIpc) is 3.03. The molecule has 0 saturated heterocycles. The Hall–Kier alpha value is -2.73. The van der Waals surface area contributed by atoms with Crippen LogP contribution in [0.1, 0.15) is 21.6 Å². The fourth-order valence-corrected chi connectivity index (χ4v) is 3.48. The first kappa shape index (κ1) is 18.1. The summed E-state index contributed by atoms with van der Waals surface area (Å²) in [7, 11) is 0. The van der Waals surface area contributed by atoms with Gasteiger partial charge in [-0.05, 0) is 37.1 Å². The minimum atomic E-state index is -0.232. The Labute approximate surface area is 156 Å². The molecule has 0 aliphatic heterocycles. The molecule has 3 rings (SSSR count). The van der Waals surface area contributed by atoms with Crippen LogP contribution in [-0.4, -0.2) is 17.4 Å². The molecule has 1 aromatic heterocycles. The molecule has 1 amide bonds. The van der Waals surface area contributed by atoms with E-state index in [0.29, 0.717) is 17.1 Å². The van der Waals surface area contributed by atoms with E-state index in [1.165, 1.54) is 23.0 Å². The number of hydrogen-bond acceptors (Lipinski definition) is 4. The van der Waals surface area contributed by atoms with Gasteiger partial charge in [-0.3, -0.25) is 4.79 Å². The Kier molecular flexibility index (Phi) is 5.63. The number of nitrogens with one attached hydrogen (secondary N) is 2. The molecule has 0 bridgehead atoms. The summed E-state index contributed by atoms with van der Waals surface area (Å²) < 4.78 is 13.7. The highest BCUT2D eigenvalue weighted by Crippen LogP contribution is 2.22. The number of halogens is 1. The fraction of sp³-hybridized carbons (Fsp3) is 0.200. The van der Waals surface area contributed by atoms with Crippen molar-refractivity contribution in [2.24, 2.45) is 0 Å². The van der Waals surface area contributed by atoms with Crippen LogP contribution in [0, 0.1) is 19.7 Å². The minimum Gasteiger partial charge on any atom is -0.376 e. The van der Waals surface area contributed by atoms with Crippen molar-refractivity contribution in [2.75, 3.05) is 17.2 Å². The number of rotatable bonds is 6. The standard InChI is InChI=1S/C20H20FN3OS/c1-13-7-8-18(14(2)9-13)22-12-19(25)24-20-23-11-16(26-20)10-15-5-3-4-6-17(15)21/h3-9,11,22H,10,12H2,1-2H3,(H,23,24,25). The highest BCUT2D eigenvalue weighted by molar-refractivity contribution is 7.15. The minimum absolute atomic E-state index is 0.159. The second-order valence-corrected chi connectivity index (χ2v) is 7.24. The number of aryl methyl sites for hydroxylation is 2. The van der Waals surface area contributed by atoms with E-state index in [-0.39, 0.29) is 18.3 Å². The number of hydrogen-bond donors (Lipinski definition) is 2. The number of benzene rings is 2. The zero-order valence-electron chi connectivity index (χ0n) is 14.7. The van der Waals surface area contributed by atoms with E-state index in [0.717, 1.165) is 16.1 Å². The summed E-state index contributed by atoms with van der Waals surface area (Å²) >= 11 is 1.35. The highest BCUT2D eigenvalue weighted by atomic mass is 32.1.